The van der Waals surface area contributed by atoms with E-state index in [1.54, 1.807) is 0 Å². The Morgan fingerprint density at radius 3 is 2.31 bits per heavy atom. The summed E-state index contributed by atoms with van der Waals surface area (Å²) in [5, 5.41) is 0. The summed E-state index contributed by atoms with van der Waals surface area (Å²) in [7, 11) is 0. The van der Waals surface area contributed by atoms with Gasteiger partial charge in [-0.15, -0.1) is 0 Å². The van der Waals surface area contributed by atoms with Crippen LogP contribution in [0.4, 0.5) is 17.1 Å². The van der Waals surface area contributed by atoms with Gasteiger partial charge in [-0.25, -0.2) is 0 Å². The normalized spacial score (nSPS) is 12.5. The Labute approximate surface area is 155 Å². The van der Waals surface area contributed by atoms with Crippen LogP contribution in [0.5, 0.6) is 0 Å². The summed E-state index contributed by atoms with van der Waals surface area (Å²) in [5.41, 5.74) is 8.57. The van der Waals surface area contributed by atoms with Crippen LogP contribution < -0.4 is 4.90 Å². The summed E-state index contributed by atoms with van der Waals surface area (Å²) < 4.78 is 0. The van der Waals surface area contributed by atoms with E-state index < -0.39 is 0 Å². The van der Waals surface area contributed by atoms with Crippen molar-refractivity contribution in [2.24, 2.45) is 0 Å². The van der Waals surface area contributed by atoms with Gasteiger partial charge in [-0.2, -0.15) is 0 Å². The molecule has 1 nitrogen and oxygen atoms in total. The average molecular weight is 337 g/mol. The number of benzene rings is 3. The predicted molar refractivity (Wildman–Crippen MR) is 113 cm³/mol. The van der Waals surface area contributed by atoms with Gasteiger partial charge in [-0.05, 0) is 61.2 Å². The molecule has 26 heavy (non-hydrogen) atoms. The average Bonchev–Trinajstić information content (AvgIpc) is 2.70. The molecular weight excluding hydrogens is 314 g/mol. The van der Waals surface area contributed by atoms with Gasteiger partial charge in [-0.1, -0.05) is 66.8 Å². The molecule has 1 aliphatic rings. The summed E-state index contributed by atoms with van der Waals surface area (Å²) in [5.74, 6) is 0. The highest BCUT2D eigenvalue weighted by Gasteiger charge is 2.17. The van der Waals surface area contributed by atoms with Crippen LogP contribution in [0, 0.1) is 0 Å². The van der Waals surface area contributed by atoms with Gasteiger partial charge in [0.15, 0.2) is 0 Å². The molecule has 0 heterocycles. The van der Waals surface area contributed by atoms with Crippen molar-refractivity contribution in [1.82, 2.24) is 0 Å². The van der Waals surface area contributed by atoms with Gasteiger partial charge in [0.05, 0.1) is 5.69 Å². The summed E-state index contributed by atoms with van der Waals surface area (Å²) in [6.07, 6.45) is 6.78. The highest BCUT2D eigenvalue weighted by atomic mass is 15.1. The molecule has 0 atom stereocenters. The molecule has 0 amide bonds. The van der Waals surface area contributed by atoms with Gasteiger partial charge >= 0.3 is 0 Å². The topological polar surface area (TPSA) is 3.24 Å². The van der Waals surface area contributed by atoms with E-state index in [2.05, 4.69) is 96.4 Å². The zero-order valence-electron chi connectivity index (χ0n) is 15.2. The molecule has 0 saturated heterocycles. The Morgan fingerprint density at radius 1 is 0.846 bits per heavy atom. The Bertz CT molecular complexity index is 949. The van der Waals surface area contributed by atoms with E-state index in [0.29, 0.717) is 0 Å². The number of hydrogen-bond acceptors (Lipinski definition) is 1. The van der Waals surface area contributed by atoms with Crippen molar-refractivity contribution in [2.45, 2.75) is 19.8 Å². The fourth-order valence-electron chi connectivity index (χ4n) is 3.54. The first kappa shape index (κ1) is 16.4. The second kappa shape index (κ2) is 7.05. The SMILES string of the molecule is C=C(C)c1ccc(N(c2ccccc2)c2cccc3c2C=CCC3)cc1. The fourth-order valence-corrected chi connectivity index (χ4v) is 3.54. The lowest BCUT2D eigenvalue weighted by molar-refractivity contribution is 0.984. The number of fused-ring (bicyclic) bond motifs is 1. The molecular formula is C25H23N. The maximum atomic E-state index is 4.05. The smallest absolute Gasteiger partial charge is 0.0536 e. The van der Waals surface area contributed by atoms with Crippen molar-refractivity contribution in [3.8, 4) is 0 Å². The van der Waals surface area contributed by atoms with Crippen molar-refractivity contribution in [3.05, 3.63) is 102 Å². The molecule has 0 bridgehead atoms. The van der Waals surface area contributed by atoms with E-state index in [1.807, 2.05) is 6.92 Å². The number of allylic oxidation sites excluding steroid dienone is 2. The van der Waals surface area contributed by atoms with Gasteiger partial charge in [-0.3, -0.25) is 0 Å². The van der Waals surface area contributed by atoms with Gasteiger partial charge in [0.25, 0.3) is 0 Å². The lowest BCUT2D eigenvalue weighted by Crippen LogP contribution is -2.12. The minimum atomic E-state index is 1.09. The van der Waals surface area contributed by atoms with Crippen LogP contribution in [0.2, 0.25) is 0 Å². The Balaban J connectivity index is 1.88. The molecule has 0 fully saturated rings. The van der Waals surface area contributed by atoms with Crippen LogP contribution in [-0.2, 0) is 6.42 Å². The highest BCUT2D eigenvalue weighted by Crippen LogP contribution is 2.39. The summed E-state index contributed by atoms with van der Waals surface area (Å²) in [6.45, 7) is 6.10. The first-order valence-electron chi connectivity index (χ1n) is 9.13. The van der Waals surface area contributed by atoms with E-state index in [0.717, 1.165) is 24.1 Å². The number of anilines is 3. The lowest BCUT2D eigenvalue weighted by atomic mass is 9.95. The van der Waals surface area contributed by atoms with Crippen LogP contribution in [0.3, 0.4) is 0 Å². The van der Waals surface area contributed by atoms with Crippen molar-refractivity contribution in [3.63, 3.8) is 0 Å². The Kier molecular flexibility index (Phi) is 4.45. The third kappa shape index (κ3) is 3.09. The molecule has 0 saturated carbocycles. The number of rotatable bonds is 4. The van der Waals surface area contributed by atoms with Crippen molar-refractivity contribution in [2.75, 3.05) is 4.90 Å². The van der Waals surface area contributed by atoms with E-state index in [1.165, 1.54) is 28.1 Å². The minimum Gasteiger partial charge on any atom is -0.310 e. The standard InChI is InChI=1S/C25H23N/c1-19(2)20-15-17-23(18-16-20)26(22-11-4-3-5-12-22)25-14-8-10-21-9-6-7-13-24(21)25/h3-5,7-8,10-18H,1,6,9H2,2H3. The summed E-state index contributed by atoms with van der Waals surface area (Å²) in [4.78, 5) is 2.34. The van der Waals surface area contributed by atoms with Crippen molar-refractivity contribution < 1.29 is 0 Å². The summed E-state index contributed by atoms with van der Waals surface area (Å²) >= 11 is 0. The lowest BCUT2D eigenvalue weighted by Gasteiger charge is -2.29. The fraction of sp³-hybridized carbons (Fsp3) is 0.120. The Morgan fingerprint density at radius 2 is 1.58 bits per heavy atom. The first-order chi connectivity index (χ1) is 12.7. The molecule has 1 heteroatoms. The van der Waals surface area contributed by atoms with Gasteiger partial charge < -0.3 is 4.90 Å². The number of aryl methyl sites for hydroxylation is 1. The number of nitrogens with zero attached hydrogens (tertiary/aromatic N) is 1. The van der Waals surface area contributed by atoms with E-state index in [-0.39, 0.29) is 0 Å². The third-order valence-electron chi connectivity index (χ3n) is 4.91. The molecule has 0 spiro atoms. The third-order valence-corrected chi connectivity index (χ3v) is 4.91. The maximum absolute atomic E-state index is 4.05. The van der Waals surface area contributed by atoms with Crippen molar-refractivity contribution in [1.29, 1.82) is 0 Å². The van der Waals surface area contributed by atoms with E-state index in [9.17, 15) is 0 Å². The Hall–Kier alpha value is -3.06. The molecule has 3 aromatic rings. The zero-order valence-corrected chi connectivity index (χ0v) is 15.2. The highest BCUT2D eigenvalue weighted by molar-refractivity contribution is 5.84. The van der Waals surface area contributed by atoms with Crippen LogP contribution in [0.15, 0.2) is 85.5 Å². The van der Waals surface area contributed by atoms with Gasteiger partial charge in [0, 0.05) is 16.9 Å². The van der Waals surface area contributed by atoms with Crippen LogP contribution in [0.1, 0.15) is 30.0 Å². The van der Waals surface area contributed by atoms with E-state index >= 15 is 0 Å². The first-order valence-corrected chi connectivity index (χ1v) is 9.13. The molecule has 3 aromatic carbocycles. The molecule has 0 aromatic heterocycles. The second-order valence-corrected chi connectivity index (χ2v) is 6.79. The van der Waals surface area contributed by atoms with Crippen LogP contribution in [0.25, 0.3) is 11.6 Å². The summed E-state index contributed by atoms with van der Waals surface area (Å²) in [6, 6.07) is 25.9. The predicted octanol–water partition coefficient (Wildman–Crippen LogP) is 7.15. The second-order valence-electron chi connectivity index (χ2n) is 6.79. The minimum absolute atomic E-state index is 1.09. The molecule has 0 unspecified atom stereocenters. The maximum Gasteiger partial charge on any atom is 0.0536 e. The van der Waals surface area contributed by atoms with Crippen LogP contribution >= 0.6 is 0 Å². The molecule has 0 N–H and O–H groups in total. The molecule has 4 rings (SSSR count). The zero-order chi connectivity index (χ0) is 17.9. The van der Waals surface area contributed by atoms with Crippen LogP contribution in [-0.4, -0.2) is 0 Å². The molecule has 128 valence electrons. The quantitative estimate of drug-likeness (QED) is 0.488. The largest absolute Gasteiger partial charge is 0.310 e. The van der Waals surface area contributed by atoms with Crippen molar-refractivity contribution >= 4 is 28.7 Å². The van der Waals surface area contributed by atoms with Gasteiger partial charge in [0.1, 0.15) is 0 Å². The number of para-hydroxylation sites is 1. The number of hydrogen-bond donors (Lipinski definition) is 0. The molecule has 0 radical (unpaired) electrons. The van der Waals surface area contributed by atoms with E-state index in [4.69, 9.17) is 0 Å². The van der Waals surface area contributed by atoms with Gasteiger partial charge in [0.2, 0.25) is 0 Å². The molecule has 0 aliphatic heterocycles. The monoisotopic (exact) mass is 337 g/mol. The molecule has 1 aliphatic carbocycles.